The highest BCUT2D eigenvalue weighted by molar-refractivity contribution is 5.50. The molecule has 1 saturated carbocycles. The van der Waals surface area contributed by atoms with E-state index in [4.69, 9.17) is 0 Å². The van der Waals surface area contributed by atoms with Crippen molar-refractivity contribution in [1.82, 2.24) is 4.98 Å². The molecular formula is C17H21N. The molecule has 0 spiro atoms. The minimum atomic E-state index is 0.777. The minimum Gasteiger partial charge on any atom is -0.257 e. The van der Waals surface area contributed by atoms with Gasteiger partial charge in [-0.2, -0.15) is 0 Å². The molecule has 1 heteroatoms. The maximum absolute atomic E-state index is 4.44. The number of aromatic nitrogens is 1. The Labute approximate surface area is 110 Å². The van der Waals surface area contributed by atoms with Gasteiger partial charge in [-0.25, -0.2) is 0 Å². The van der Waals surface area contributed by atoms with Crippen molar-refractivity contribution in [2.75, 3.05) is 0 Å². The zero-order chi connectivity index (χ0) is 12.2. The third-order valence-corrected chi connectivity index (χ3v) is 4.30. The van der Waals surface area contributed by atoms with Gasteiger partial charge in [0.2, 0.25) is 0 Å². The molecule has 1 fully saturated rings. The first-order valence-electron chi connectivity index (χ1n) is 7.21. The zero-order valence-corrected chi connectivity index (χ0v) is 10.9. The fourth-order valence-corrected chi connectivity index (χ4v) is 3.39. The Balaban J connectivity index is 1.88. The van der Waals surface area contributed by atoms with Crippen LogP contribution in [0.5, 0.6) is 0 Å². The van der Waals surface area contributed by atoms with E-state index in [0.29, 0.717) is 0 Å². The van der Waals surface area contributed by atoms with E-state index in [1.54, 1.807) is 5.57 Å². The SMILES string of the molecule is C1=C[C@@H]2CCCC[C@@H]2/C(=C\c2ccccn2)CC1. The van der Waals surface area contributed by atoms with Gasteiger partial charge in [-0.15, -0.1) is 0 Å². The van der Waals surface area contributed by atoms with E-state index in [1.165, 1.54) is 38.5 Å². The van der Waals surface area contributed by atoms with Crippen LogP contribution in [0, 0.1) is 11.8 Å². The van der Waals surface area contributed by atoms with Gasteiger partial charge < -0.3 is 0 Å². The first-order valence-corrected chi connectivity index (χ1v) is 7.21. The zero-order valence-electron chi connectivity index (χ0n) is 10.9. The van der Waals surface area contributed by atoms with Crippen LogP contribution in [0.2, 0.25) is 0 Å². The van der Waals surface area contributed by atoms with Gasteiger partial charge in [0.1, 0.15) is 0 Å². The smallest absolute Gasteiger partial charge is 0.0629 e. The quantitative estimate of drug-likeness (QED) is 0.651. The summed E-state index contributed by atoms with van der Waals surface area (Å²) in [7, 11) is 0. The monoisotopic (exact) mass is 239 g/mol. The van der Waals surface area contributed by atoms with Gasteiger partial charge in [-0.1, -0.05) is 36.6 Å². The third kappa shape index (κ3) is 2.55. The molecule has 94 valence electrons. The van der Waals surface area contributed by atoms with Crippen molar-refractivity contribution in [2.45, 2.75) is 38.5 Å². The largest absolute Gasteiger partial charge is 0.257 e. The predicted octanol–water partition coefficient (Wildman–Crippen LogP) is 4.62. The van der Waals surface area contributed by atoms with E-state index in [9.17, 15) is 0 Å². The van der Waals surface area contributed by atoms with E-state index in [2.05, 4.69) is 35.3 Å². The second-order valence-corrected chi connectivity index (χ2v) is 5.50. The van der Waals surface area contributed by atoms with Crippen LogP contribution in [0.15, 0.2) is 42.1 Å². The topological polar surface area (TPSA) is 12.9 Å². The van der Waals surface area contributed by atoms with Crippen LogP contribution in [-0.2, 0) is 0 Å². The lowest BCUT2D eigenvalue weighted by molar-refractivity contribution is 0.323. The number of fused-ring (bicyclic) bond motifs is 1. The maximum atomic E-state index is 4.44. The molecule has 0 bridgehead atoms. The van der Waals surface area contributed by atoms with Crippen molar-refractivity contribution < 1.29 is 0 Å². The number of hydrogen-bond donors (Lipinski definition) is 0. The van der Waals surface area contributed by atoms with Crippen molar-refractivity contribution in [3.63, 3.8) is 0 Å². The van der Waals surface area contributed by atoms with Crippen molar-refractivity contribution >= 4 is 6.08 Å². The molecule has 0 N–H and O–H groups in total. The molecule has 0 saturated heterocycles. The average Bonchev–Trinajstić information content (AvgIpc) is 2.63. The van der Waals surface area contributed by atoms with Crippen molar-refractivity contribution in [1.29, 1.82) is 0 Å². The molecule has 2 aliphatic rings. The maximum Gasteiger partial charge on any atom is 0.0629 e. The molecule has 1 heterocycles. The third-order valence-electron chi connectivity index (χ3n) is 4.30. The summed E-state index contributed by atoms with van der Waals surface area (Å²) in [5, 5.41) is 0. The summed E-state index contributed by atoms with van der Waals surface area (Å²) in [6.45, 7) is 0. The number of nitrogens with zero attached hydrogens (tertiary/aromatic N) is 1. The van der Waals surface area contributed by atoms with Crippen LogP contribution < -0.4 is 0 Å². The summed E-state index contributed by atoms with van der Waals surface area (Å²) < 4.78 is 0. The molecule has 0 aliphatic heterocycles. The molecule has 0 amide bonds. The van der Waals surface area contributed by atoms with Gasteiger partial charge in [-0.3, -0.25) is 4.98 Å². The number of hydrogen-bond acceptors (Lipinski definition) is 1. The Kier molecular flexibility index (Phi) is 3.59. The lowest BCUT2D eigenvalue weighted by Crippen LogP contribution is -2.18. The summed E-state index contributed by atoms with van der Waals surface area (Å²) in [5.41, 5.74) is 2.75. The molecular weight excluding hydrogens is 218 g/mol. The highest BCUT2D eigenvalue weighted by atomic mass is 14.6. The number of rotatable bonds is 1. The summed E-state index contributed by atoms with van der Waals surface area (Å²) >= 11 is 0. The van der Waals surface area contributed by atoms with Gasteiger partial charge in [0.05, 0.1) is 5.69 Å². The van der Waals surface area contributed by atoms with E-state index in [1.807, 2.05) is 12.3 Å². The summed E-state index contributed by atoms with van der Waals surface area (Å²) in [4.78, 5) is 4.44. The van der Waals surface area contributed by atoms with E-state index >= 15 is 0 Å². The first-order chi connectivity index (χ1) is 8.93. The fraction of sp³-hybridized carbons (Fsp3) is 0.471. The standard InChI is InChI=1S/C17H21N/c1-2-9-15(13-16-10-5-6-12-18-16)17-11-4-3-8-14(17)7-1/h1,5-7,10,12-14,17H,2-4,8-9,11H2/b15-13-/t14-,17+/m1/s1. The highest BCUT2D eigenvalue weighted by Gasteiger charge is 2.27. The lowest BCUT2D eigenvalue weighted by atomic mass is 9.75. The van der Waals surface area contributed by atoms with E-state index in [0.717, 1.165) is 17.5 Å². The van der Waals surface area contributed by atoms with Crippen molar-refractivity contribution in [3.8, 4) is 0 Å². The van der Waals surface area contributed by atoms with Crippen molar-refractivity contribution in [2.24, 2.45) is 11.8 Å². The minimum absolute atomic E-state index is 0.777. The second kappa shape index (κ2) is 5.51. The van der Waals surface area contributed by atoms with E-state index in [-0.39, 0.29) is 0 Å². The lowest BCUT2D eigenvalue weighted by Gasteiger charge is -2.30. The molecule has 1 nitrogen and oxygen atoms in total. The summed E-state index contributed by atoms with van der Waals surface area (Å²) in [5.74, 6) is 1.57. The summed E-state index contributed by atoms with van der Waals surface area (Å²) in [6, 6.07) is 6.18. The van der Waals surface area contributed by atoms with Crippen molar-refractivity contribution in [3.05, 3.63) is 47.8 Å². The first kappa shape index (κ1) is 11.7. The van der Waals surface area contributed by atoms with Gasteiger partial charge >= 0.3 is 0 Å². The molecule has 2 aliphatic carbocycles. The van der Waals surface area contributed by atoms with Gasteiger partial charge in [0, 0.05) is 6.20 Å². The van der Waals surface area contributed by atoms with Crippen LogP contribution in [0.4, 0.5) is 0 Å². The fourth-order valence-electron chi connectivity index (χ4n) is 3.39. The van der Waals surface area contributed by atoms with Crippen LogP contribution >= 0.6 is 0 Å². The Hall–Kier alpha value is -1.37. The summed E-state index contributed by atoms with van der Waals surface area (Å²) in [6.07, 6.45) is 17.1. The molecule has 1 aromatic heterocycles. The molecule has 18 heavy (non-hydrogen) atoms. The van der Waals surface area contributed by atoms with Crippen LogP contribution in [-0.4, -0.2) is 4.98 Å². The van der Waals surface area contributed by atoms with Gasteiger partial charge in [0.15, 0.2) is 0 Å². The van der Waals surface area contributed by atoms with Crippen LogP contribution in [0.3, 0.4) is 0 Å². The number of allylic oxidation sites excluding steroid dienone is 3. The Morgan fingerprint density at radius 3 is 3.00 bits per heavy atom. The molecule has 0 aromatic carbocycles. The normalized spacial score (nSPS) is 29.9. The highest BCUT2D eigenvalue weighted by Crippen LogP contribution is 2.40. The molecule has 2 atom stereocenters. The van der Waals surface area contributed by atoms with Gasteiger partial charge in [-0.05, 0) is 55.7 Å². The predicted molar refractivity (Wildman–Crippen MR) is 76.0 cm³/mol. The Morgan fingerprint density at radius 2 is 2.11 bits per heavy atom. The van der Waals surface area contributed by atoms with Gasteiger partial charge in [0.25, 0.3) is 0 Å². The Morgan fingerprint density at radius 1 is 1.17 bits per heavy atom. The molecule has 3 rings (SSSR count). The van der Waals surface area contributed by atoms with Crippen LogP contribution in [0.1, 0.15) is 44.2 Å². The molecule has 1 aromatic rings. The average molecular weight is 239 g/mol. The Bertz CT molecular complexity index is 444. The number of pyridine rings is 1. The van der Waals surface area contributed by atoms with Crippen LogP contribution in [0.25, 0.3) is 6.08 Å². The second-order valence-electron chi connectivity index (χ2n) is 5.50. The molecule has 0 unspecified atom stereocenters. The molecule has 0 radical (unpaired) electrons. The van der Waals surface area contributed by atoms with E-state index < -0.39 is 0 Å².